The summed E-state index contributed by atoms with van der Waals surface area (Å²) in [6.45, 7) is 3.25. The number of anilines is 2. The van der Waals surface area contributed by atoms with E-state index >= 15 is 0 Å². The lowest BCUT2D eigenvalue weighted by molar-refractivity contribution is -0.137. The fraction of sp³-hybridized carbons (Fsp3) is 0.450. The number of carbonyl (C=O) groups excluding carboxylic acids is 1. The molecule has 0 saturated carbocycles. The van der Waals surface area contributed by atoms with E-state index in [-0.39, 0.29) is 17.5 Å². The minimum Gasteiger partial charge on any atom is -0.399 e. The van der Waals surface area contributed by atoms with E-state index in [1.165, 1.54) is 35.6 Å². The van der Waals surface area contributed by atoms with Crippen LogP contribution in [0.25, 0.3) is 0 Å². The third-order valence-electron chi connectivity index (χ3n) is 4.97. The van der Waals surface area contributed by atoms with Crippen molar-refractivity contribution < 1.29 is 18.0 Å². The number of alkyl halides is 3. The molecule has 1 aromatic carbocycles. The second-order valence-electron chi connectivity index (χ2n) is 7.51. The first-order valence-electron chi connectivity index (χ1n) is 9.87. The molecule has 32 heavy (non-hydrogen) atoms. The van der Waals surface area contributed by atoms with Crippen LogP contribution in [0.3, 0.4) is 0 Å². The normalized spacial score (nSPS) is 16.2. The maximum absolute atomic E-state index is 12.9. The Morgan fingerprint density at radius 3 is 2.53 bits per heavy atom. The predicted octanol–water partition coefficient (Wildman–Crippen LogP) is 3.48. The van der Waals surface area contributed by atoms with Gasteiger partial charge in [-0.15, -0.1) is 0 Å². The largest absolute Gasteiger partial charge is 0.416 e. The highest BCUT2D eigenvalue weighted by atomic mass is 35.5. The van der Waals surface area contributed by atoms with Crippen LogP contribution >= 0.6 is 23.4 Å². The lowest BCUT2D eigenvalue weighted by Gasteiger charge is -2.20. The number of rotatable bonds is 4. The van der Waals surface area contributed by atoms with E-state index in [1.807, 2.05) is 0 Å². The average Bonchev–Trinajstić information content (AvgIpc) is 3.15. The van der Waals surface area contributed by atoms with Crippen LogP contribution in [0.4, 0.5) is 24.7 Å². The predicted molar refractivity (Wildman–Crippen MR) is 120 cm³/mol. The first-order valence-corrected chi connectivity index (χ1v) is 11.4. The lowest BCUT2D eigenvalue weighted by atomic mass is 10.1. The minimum absolute atomic E-state index is 0.00226. The number of hydrogen-bond acceptors (Lipinski definition) is 7. The summed E-state index contributed by atoms with van der Waals surface area (Å²) in [5.41, 5.74) is 6.41. The van der Waals surface area contributed by atoms with Crippen LogP contribution in [0.5, 0.6) is 0 Å². The van der Waals surface area contributed by atoms with Crippen LogP contribution in [0.1, 0.15) is 22.4 Å². The molecule has 0 radical (unpaired) electrons. The molecule has 1 saturated heterocycles. The van der Waals surface area contributed by atoms with E-state index in [4.69, 9.17) is 17.3 Å². The zero-order valence-electron chi connectivity index (χ0n) is 17.5. The number of carbonyl (C=O) groups is 1. The highest BCUT2D eigenvalue weighted by Crippen LogP contribution is 2.32. The first-order chi connectivity index (χ1) is 15.2. The summed E-state index contributed by atoms with van der Waals surface area (Å²) in [6, 6.07) is 3.35. The van der Waals surface area contributed by atoms with Crippen molar-refractivity contribution in [2.45, 2.75) is 25.8 Å². The number of nitrogens with zero attached hydrogens (tertiary/aromatic N) is 4. The third kappa shape index (κ3) is 6.63. The van der Waals surface area contributed by atoms with Crippen molar-refractivity contribution in [3.8, 4) is 0 Å². The molecule has 7 nitrogen and oxygen atoms in total. The summed E-state index contributed by atoms with van der Waals surface area (Å²) >= 11 is 7.93. The summed E-state index contributed by atoms with van der Waals surface area (Å²) in [4.78, 5) is 22.9. The molecule has 174 valence electrons. The Bertz CT molecular complexity index is 956. The Morgan fingerprint density at radius 1 is 1.22 bits per heavy atom. The third-order valence-corrected chi connectivity index (χ3v) is 6.08. The summed E-state index contributed by atoms with van der Waals surface area (Å²) < 4.78 is 38.6. The Morgan fingerprint density at radius 2 is 1.94 bits per heavy atom. The molecule has 2 aliphatic heterocycles. The number of nitrogens with two attached hydrogens (primary N) is 1. The van der Waals surface area contributed by atoms with Crippen molar-refractivity contribution >= 4 is 41.3 Å². The van der Waals surface area contributed by atoms with Gasteiger partial charge in [0, 0.05) is 42.4 Å². The second kappa shape index (κ2) is 10.6. The molecule has 0 unspecified atom stereocenters. The van der Waals surface area contributed by atoms with Gasteiger partial charge in [0.1, 0.15) is 5.82 Å². The second-order valence-corrected chi connectivity index (χ2v) is 9.07. The van der Waals surface area contributed by atoms with Crippen LogP contribution in [0, 0.1) is 0 Å². The summed E-state index contributed by atoms with van der Waals surface area (Å²) in [5, 5.41) is 2.95. The van der Waals surface area contributed by atoms with Gasteiger partial charge >= 0.3 is 6.18 Å². The molecule has 0 aliphatic carbocycles. The fourth-order valence-electron chi connectivity index (χ4n) is 3.29. The number of halogens is 4. The van der Waals surface area contributed by atoms with Gasteiger partial charge in [-0.05, 0) is 42.4 Å². The Hall–Kier alpha value is -2.24. The molecule has 12 heteroatoms. The number of thioether (sulfide) groups is 1. The summed E-state index contributed by atoms with van der Waals surface area (Å²) in [6.07, 6.45) is -3.79. The van der Waals surface area contributed by atoms with Crippen molar-refractivity contribution in [2.24, 2.45) is 0 Å². The van der Waals surface area contributed by atoms with Crippen LogP contribution in [0.15, 0.2) is 18.2 Å². The van der Waals surface area contributed by atoms with Crippen molar-refractivity contribution in [1.82, 2.24) is 19.8 Å². The van der Waals surface area contributed by atoms with Gasteiger partial charge in [0.25, 0.3) is 0 Å². The SMILES string of the molecule is CN1CCSCC1.Nc1cc(CNc2nc(Cl)nc3c2CN(C=O)C3)cc(C(F)(F)F)c1. The van der Waals surface area contributed by atoms with E-state index in [2.05, 4.69) is 39.0 Å². The van der Waals surface area contributed by atoms with Gasteiger partial charge in [-0.25, -0.2) is 9.97 Å². The molecule has 3 N–H and O–H groups in total. The van der Waals surface area contributed by atoms with Gasteiger partial charge in [0.15, 0.2) is 0 Å². The van der Waals surface area contributed by atoms with Gasteiger partial charge in [-0.3, -0.25) is 4.79 Å². The average molecular weight is 489 g/mol. The van der Waals surface area contributed by atoms with E-state index < -0.39 is 11.7 Å². The maximum atomic E-state index is 12.9. The summed E-state index contributed by atoms with van der Waals surface area (Å²) in [5.74, 6) is 3.04. The lowest BCUT2D eigenvalue weighted by Crippen LogP contribution is -2.28. The zero-order valence-corrected chi connectivity index (χ0v) is 19.0. The van der Waals surface area contributed by atoms with Crippen molar-refractivity contribution in [2.75, 3.05) is 42.7 Å². The number of hydrogen-bond donors (Lipinski definition) is 2. The molecule has 0 atom stereocenters. The number of aromatic nitrogens is 2. The Labute approximate surface area is 193 Å². The van der Waals surface area contributed by atoms with E-state index in [9.17, 15) is 18.0 Å². The standard InChI is InChI=1S/C15H13ClF3N5O.C5H11NS/c16-14-22-12-6-24(7-25)5-11(12)13(23-14)21-4-8-1-9(15(17,18)19)3-10(20)2-8;1-6-2-4-7-5-3-6/h1-3,7H,4-6,20H2,(H,21,22,23);2-5H2,1H3. The Balaban J connectivity index is 0.000000352. The number of fused-ring (bicyclic) bond motifs is 1. The molecular weight excluding hydrogens is 465 g/mol. The number of nitrogen functional groups attached to an aromatic ring is 1. The quantitative estimate of drug-likeness (QED) is 0.387. The molecule has 0 bridgehead atoms. The van der Waals surface area contributed by atoms with E-state index in [1.54, 1.807) is 0 Å². The maximum Gasteiger partial charge on any atom is 0.416 e. The number of nitrogens with one attached hydrogen (secondary N) is 1. The molecular formula is C20H24ClF3N6OS. The molecule has 0 spiro atoms. The monoisotopic (exact) mass is 488 g/mol. The minimum atomic E-state index is -4.48. The molecule has 3 heterocycles. The molecule has 1 amide bonds. The summed E-state index contributed by atoms with van der Waals surface area (Å²) in [7, 11) is 2.18. The van der Waals surface area contributed by atoms with Crippen molar-refractivity contribution in [3.63, 3.8) is 0 Å². The van der Waals surface area contributed by atoms with Gasteiger partial charge in [-0.2, -0.15) is 24.9 Å². The highest BCUT2D eigenvalue weighted by molar-refractivity contribution is 7.99. The Kier molecular flexibility index (Phi) is 8.07. The van der Waals surface area contributed by atoms with Gasteiger partial charge in [0.2, 0.25) is 11.7 Å². The number of amides is 1. The van der Waals surface area contributed by atoms with Crippen LogP contribution in [0.2, 0.25) is 5.28 Å². The molecule has 1 aromatic heterocycles. The topological polar surface area (TPSA) is 87.4 Å². The van der Waals surface area contributed by atoms with E-state index in [0.717, 1.165) is 12.1 Å². The molecule has 4 rings (SSSR count). The molecule has 2 aliphatic rings. The van der Waals surface area contributed by atoms with Crippen LogP contribution in [-0.2, 0) is 30.6 Å². The van der Waals surface area contributed by atoms with E-state index in [0.29, 0.717) is 42.1 Å². The van der Waals surface area contributed by atoms with Crippen molar-refractivity contribution in [3.05, 3.63) is 45.9 Å². The fourth-order valence-corrected chi connectivity index (χ4v) is 4.57. The first kappa shape index (κ1) is 24.4. The van der Waals surface area contributed by atoms with Gasteiger partial charge in [0.05, 0.1) is 24.3 Å². The molecule has 2 aromatic rings. The highest BCUT2D eigenvalue weighted by Gasteiger charge is 2.31. The zero-order chi connectivity index (χ0) is 23.3. The van der Waals surface area contributed by atoms with Gasteiger partial charge < -0.3 is 20.9 Å². The van der Waals surface area contributed by atoms with Crippen LogP contribution < -0.4 is 11.1 Å². The number of benzene rings is 1. The molecule has 1 fully saturated rings. The smallest absolute Gasteiger partial charge is 0.399 e. The van der Waals surface area contributed by atoms with Gasteiger partial charge in [-0.1, -0.05) is 0 Å². The van der Waals surface area contributed by atoms with Crippen LogP contribution in [-0.4, -0.2) is 57.8 Å². The van der Waals surface area contributed by atoms with Crippen molar-refractivity contribution in [1.29, 1.82) is 0 Å².